The third kappa shape index (κ3) is 3.28. The van der Waals surface area contributed by atoms with Crippen LogP contribution in [0.3, 0.4) is 0 Å². The highest BCUT2D eigenvalue weighted by Gasteiger charge is 2.16. The van der Waals surface area contributed by atoms with E-state index in [1.54, 1.807) is 13.1 Å². The Bertz CT molecular complexity index is 387. The van der Waals surface area contributed by atoms with E-state index in [0.29, 0.717) is 18.8 Å². The standard InChI is InChI=1S/C11H18N4O3/c1-2-18-11(16)10-9(7-12-14-10)8-13-15-3-5-17-6-4-15/h7,13H,2-6,8H2,1H3,(H,12,14). The third-order valence-corrected chi connectivity index (χ3v) is 2.70. The van der Waals surface area contributed by atoms with Gasteiger partial charge in [-0.3, -0.25) is 10.5 Å². The van der Waals surface area contributed by atoms with Crippen molar-refractivity contribution in [3.63, 3.8) is 0 Å². The van der Waals surface area contributed by atoms with Crippen LogP contribution in [0.5, 0.6) is 0 Å². The van der Waals surface area contributed by atoms with Crippen LogP contribution in [-0.4, -0.2) is 54.1 Å². The molecule has 7 nitrogen and oxygen atoms in total. The number of carbonyl (C=O) groups is 1. The fourth-order valence-corrected chi connectivity index (χ4v) is 1.74. The van der Waals surface area contributed by atoms with Gasteiger partial charge in [0.1, 0.15) is 5.69 Å². The molecule has 1 aromatic rings. The molecule has 1 saturated heterocycles. The molecule has 2 N–H and O–H groups in total. The maximum Gasteiger partial charge on any atom is 0.356 e. The summed E-state index contributed by atoms with van der Waals surface area (Å²) in [6, 6.07) is 0. The van der Waals surface area contributed by atoms with Crippen LogP contribution >= 0.6 is 0 Å². The molecule has 0 spiro atoms. The molecule has 2 heterocycles. The molecule has 0 bridgehead atoms. The third-order valence-electron chi connectivity index (χ3n) is 2.70. The second-order valence-corrected chi connectivity index (χ2v) is 3.93. The van der Waals surface area contributed by atoms with E-state index in [2.05, 4.69) is 20.6 Å². The average Bonchev–Trinajstić information content (AvgIpc) is 2.86. The van der Waals surface area contributed by atoms with Crippen LogP contribution in [0.4, 0.5) is 0 Å². The minimum atomic E-state index is -0.367. The van der Waals surface area contributed by atoms with Gasteiger partial charge in [-0.15, -0.1) is 0 Å². The lowest BCUT2D eigenvalue weighted by Crippen LogP contribution is -2.45. The summed E-state index contributed by atoms with van der Waals surface area (Å²) < 4.78 is 10.2. The Balaban J connectivity index is 1.88. The Hall–Kier alpha value is -1.44. The van der Waals surface area contributed by atoms with Gasteiger partial charge in [-0.05, 0) is 6.92 Å². The van der Waals surface area contributed by atoms with Crippen molar-refractivity contribution in [1.29, 1.82) is 0 Å². The predicted molar refractivity (Wildman–Crippen MR) is 63.8 cm³/mol. The molecule has 0 amide bonds. The first-order chi connectivity index (χ1) is 8.81. The number of esters is 1. The number of hydrogen-bond donors (Lipinski definition) is 2. The van der Waals surface area contributed by atoms with Crippen molar-refractivity contribution in [1.82, 2.24) is 20.6 Å². The summed E-state index contributed by atoms with van der Waals surface area (Å²) in [5.41, 5.74) is 4.47. The summed E-state index contributed by atoms with van der Waals surface area (Å²) in [5, 5.41) is 8.63. The molecule has 0 aromatic carbocycles. The van der Waals surface area contributed by atoms with Gasteiger partial charge < -0.3 is 9.47 Å². The van der Waals surface area contributed by atoms with Crippen molar-refractivity contribution >= 4 is 5.97 Å². The van der Waals surface area contributed by atoms with Gasteiger partial charge in [-0.25, -0.2) is 9.80 Å². The summed E-state index contributed by atoms with van der Waals surface area (Å²) in [6.07, 6.45) is 1.64. The molecule has 0 aliphatic carbocycles. The maximum absolute atomic E-state index is 11.6. The van der Waals surface area contributed by atoms with E-state index in [9.17, 15) is 4.79 Å². The Morgan fingerprint density at radius 1 is 1.61 bits per heavy atom. The first-order valence-electron chi connectivity index (χ1n) is 6.07. The Labute approximate surface area is 105 Å². The number of rotatable bonds is 5. The summed E-state index contributed by atoms with van der Waals surface area (Å²) in [6.45, 7) is 5.81. The molecule has 1 aliphatic rings. The molecule has 1 aromatic heterocycles. The first-order valence-corrected chi connectivity index (χ1v) is 6.07. The predicted octanol–water partition coefficient (Wildman–Crippen LogP) is -0.0768. The fraction of sp³-hybridized carbons (Fsp3) is 0.636. The van der Waals surface area contributed by atoms with Gasteiger partial charge >= 0.3 is 5.97 Å². The Morgan fingerprint density at radius 2 is 2.39 bits per heavy atom. The molecule has 2 rings (SSSR count). The number of hydrazine groups is 1. The van der Waals surface area contributed by atoms with Crippen molar-refractivity contribution in [2.24, 2.45) is 0 Å². The van der Waals surface area contributed by atoms with E-state index in [1.807, 2.05) is 0 Å². The second-order valence-electron chi connectivity index (χ2n) is 3.93. The molecular formula is C11H18N4O3. The van der Waals surface area contributed by atoms with Crippen molar-refractivity contribution in [2.75, 3.05) is 32.9 Å². The molecule has 0 radical (unpaired) electrons. The van der Waals surface area contributed by atoms with Crippen molar-refractivity contribution < 1.29 is 14.3 Å². The van der Waals surface area contributed by atoms with Crippen LogP contribution in [0.15, 0.2) is 6.20 Å². The first kappa shape index (κ1) is 13.0. The number of morpholine rings is 1. The van der Waals surface area contributed by atoms with Crippen molar-refractivity contribution in [2.45, 2.75) is 13.5 Å². The molecule has 0 atom stereocenters. The number of H-pyrrole nitrogens is 1. The topological polar surface area (TPSA) is 79.5 Å². The highest BCUT2D eigenvalue weighted by atomic mass is 16.5. The number of aromatic amines is 1. The zero-order valence-corrected chi connectivity index (χ0v) is 10.4. The van der Waals surface area contributed by atoms with E-state index in [4.69, 9.17) is 9.47 Å². The fourth-order valence-electron chi connectivity index (χ4n) is 1.74. The minimum Gasteiger partial charge on any atom is -0.461 e. The monoisotopic (exact) mass is 254 g/mol. The van der Waals surface area contributed by atoms with E-state index in [1.165, 1.54) is 0 Å². The normalized spacial score (nSPS) is 16.7. The number of nitrogens with one attached hydrogen (secondary N) is 2. The SMILES string of the molecule is CCOC(=O)c1[nH]ncc1CNN1CCOCC1. The Kier molecular flexibility index (Phi) is 4.68. The van der Waals surface area contributed by atoms with Crippen LogP contribution < -0.4 is 5.43 Å². The zero-order chi connectivity index (χ0) is 12.8. The molecule has 0 unspecified atom stereocenters. The van der Waals surface area contributed by atoms with Gasteiger partial charge in [0.2, 0.25) is 0 Å². The Morgan fingerprint density at radius 3 is 3.11 bits per heavy atom. The second kappa shape index (κ2) is 6.48. The quantitative estimate of drug-likeness (QED) is 0.716. The molecule has 100 valence electrons. The summed E-state index contributed by atoms with van der Waals surface area (Å²) in [4.78, 5) is 11.6. The molecule has 0 saturated carbocycles. The minimum absolute atomic E-state index is 0.355. The van der Waals surface area contributed by atoms with Gasteiger partial charge in [0, 0.05) is 25.2 Å². The highest BCUT2D eigenvalue weighted by molar-refractivity contribution is 5.88. The lowest BCUT2D eigenvalue weighted by Gasteiger charge is -2.27. The number of nitrogens with zero attached hydrogens (tertiary/aromatic N) is 2. The maximum atomic E-state index is 11.6. The molecule has 1 aliphatic heterocycles. The number of carbonyl (C=O) groups excluding carboxylic acids is 1. The highest BCUT2D eigenvalue weighted by Crippen LogP contribution is 2.06. The van der Waals surface area contributed by atoms with E-state index < -0.39 is 0 Å². The van der Waals surface area contributed by atoms with Crippen LogP contribution in [0.1, 0.15) is 23.0 Å². The van der Waals surface area contributed by atoms with Gasteiger partial charge in [0.05, 0.1) is 26.0 Å². The summed E-state index contributed by atoms with van der Waals surface area (Å²) >= 11 is 0. The number of ether oxygens (including phenoxy) is 2. The zero-order valence-electron chi connectivity index (χ0n) is 10.4. The van der Waals surface area contributed by atoms with Crippen LogP contribution in [0, 0.1) is 0 Å². The molecule has 18 heavy (non-hydrogen) atoms. The lowest BCUT2D eigenvalue weighted by molar-refractivity contribution is 0.0104. The summed E-state index contributed by atoms with van der Waals surface area (Å²) in [7, 11) is 0. The number of hydrogen-bond acceptors (Lipinski definition) is 6. The van der Waals surface area contributed by atoms with E-state index in [-0.39, 0.29) is 5.97 Å². The van der Waals surface area contributed by atoms with Crippen molar-refractivity contribution in [3.8, 4) is 0 Å². The largest absolute Gasteiger partial charge is 0.461 e. The number of aromatic nitrogens is 2. The smallest absolute Gasteiger partial charge is 0.356 e. The lowest BCUT2D eigenvalue weighted by atomic mass is 10.2. The molecule has 7 heteroatoms. The van der Waals surface area contributed by atoms with Crippen LogP contribution in [0.2, 0.25) is 0 Å². The van der Waals surface area contributed by atoms with E-state index in [0.717, 1.165) is 31.9 Å². The van der Waals surface area contributed by atoms with Crippen LogP contribution in [-0.2, 0) is 16.0 Å². The van der Waals surface area contributed by atoms with Gasteiger partial charge in [-0.2, -0.15) is 5.10 Å². The van der Waals surface area contributed by atoms with E-state index >= 15 is 0 Å². The van der Waals surface area contributed by atoms with Gasteiger partial charge in [0.25, 0.3) is 0 Å². The van der Waals surface area contributed by atoms with Crippen LogP contribution in [0.25, 0.3) is 0 Å². The molecular weight excluding hydrogens is 236 g/mol. The summed E-state index contributed by atoms with van der Waals surface area (Å²) in [5.74, 6) is -0.367. The van der Waals surface area contributed by atoms with Crippen molar-refractivity contribution in [3.05, 3.63) is 17.5 Å². The molecule has 1 fully saturated rings. The van der Waals surface area contributed by atoms with Gasteiger partial charge in [0.15, 0.2) is 0 Å². The van der Waals surface area contributed by atoms with Gasteiger partial charge in [-0.1, -0.05) is 0 Å². The average molecular weight is 254 g/mol.